The third-order valence-electron chi connectivity index (χ3n) is 7.75. The van der Waals surface area contributed by atoms with Crippen LogP contribution in [0.2, 0.25) is 0 Å². The van der Waals surface area contributed by atoms with E-state index in [-0.39, 0.29) is 24.9 Å². The van der Waals surface area contributed by atoms with Crippen LogP contribution in [0.15, 0.2) is 77.9 Å². The summed E-state index contributed by atoms with van der Waals surface area (Å²) in [6, 6.07) is 18.6. The van der Waals surface area contributed by atoms with Crippen LogP contribution < -0.4 is 19.5 Å². The number of ether oxygens (including phenoxy) is 4. The lowest BCUT2D eigenvalue weighted by Gasteiger charge is -2.32. The van der Waals surface area contributed by atoms with Gasteiger partial charge < -0.3 is 23.8 Å². The predicted molar refractivity (Wildman–Crippen MR) is 148 cm³/mol. The Morgan fingerprint density at radius 1 is 1.05 bits per heavy atom. The number of carbonyl (C=O) groups excluding carboxylic acids is 2. The summed E-state index contributed by atoms with van der Waals surface area (Å²) < 4.78 is 36.6. The first-order valence-corrected chi connectivity index (χ1v) is 13.8. The lowest BCUT2D eigenvalue weighted by atomic mass is 9.92. The monoisotopic (exact) mass is 558 g/mol. The summed E-state index contributed by atoms with van der Waals surface area (Å²) in [6.07, 6.45) is 2.98. The van der Waals surface area contributed by atoms with E-state index in [1.807, 2.05) is 29.2 Å². The summed E-state index contributed by atoms with van der Waals surface area (Å²) in [5.41, 5.74) is 3.42. The molecule has 2 aliphatic heterocycles. The number of halogens is 1. The zero-order valence-corrected chi connectivity index (χ0v) is 22.7. The van der Waals surface area contributed by atoms with E-state index in [0.717, 1.165) is 42.4 Å². The number of methoxy groups -OCH3 is 1. The molecule has 3 aliphatic rings. The van der Waals surface area contributed by atoms with Crippen LogP contribution in [0.1, 0.15) is 49.3 Å². The average molecular weight is 559 g/mol. The fourth-order valence-corrected chi connectivity index (χ4v) is 5.69. The summed E-state index contributed by atoms with van der Waals surface area (Å²) in [6.45, 7) is 0.515. The first kappa shape index (κ1) is 26.8. The van der Waals surface area contributed by atoms with Gasteiger partial charge in [0.05, 0.1) is 13.5 Å². The van der Waals surface area contributed by atoms with Crippen LogP contribution in [-0.2, 0) is 20.9 Å². The van der Waals surface area contributed by atoms with Crippen molar-refractivity contribution in [1.29, 1.82) is 0 Å². The van der Waals surface area contributed by atoms with Crippen molar-refractivity contribution in [2.75, 3.05) is 13.9 Å². The minimum absolute atomic E-state index is 0.0149. The molecule has 1 aliphatic carbocycles. The molecule has 2 heterocycles. The van der Waals surface area contributed by atoms with E-state index in [1.54, 1.807) is 36.4 Å². The van der Waals surface area contributed by atoms with Gasteiger partial charge in [0.1, 0.15) is 11.9 Å². The van der Waals surface area contributed by atoms with Gasteiger partial charge in [-0.25, -0.2) is 4.39 Å². The van der Waals surface area contributed by atoms with Crippen molar-refractivity contribution < 1.29 is 32.9 Å². The van der Waals surface area contributed by atoms with Crippen molar-refractivity contribution in [2.45, 2.75) is 50.9 Å². The van der Waals surface area contributed by atoms with Crippen molar-refractivity contribution in [3.63, 3.8) is 0 Å². The molecular weight excluding hydrogens is 527 g/mol. The molecule has 1 amide bonds. The van der Waals surface area contributed by atoms with Crippen molar-refractivity contribution in [2.24, 2.45) is 0 Å². The van der Waals surface area contributed by atoms with Crippen molar-refractivity contribution >= 4 is 11.9 Å². The van der Waals surface area contributed by atoms with Crippen molar-refractivity contribution in [1.82, 2.24) is 10.2 Å². The fraction of sp³-hybridized carbons (Fsp3) is 0.312. The van der Waals surface area contributed by atoms with Gasteiger partial charge in [0, 0.05) is 18.2 Å². The van der Waals surface area contributed by atoms with E-state index in [9.17, 15) is 14.0 Å². The maximum absolute atomic E-state index is 14.8. The Morgan fingerprint density at radius 3 is 2.68 bits per heavy atom. The largest absolute Gasteiger partial charge is 0.469 e. The number of esters is 1. The van der Waals surface area contributed by atoms with Gasteiger partial charge in [0.15, 0.2) is 23.1 Å². The smallest absolute Gasteiger partial charge is 0.307 e. The number of nitrogens with one attached hydrogen (secondary N) is 1. The fourth-order valence-electron chi connectivity index (χ4n) is 5.69. The van der Waals surface area contributed by atoms with Gasteiger partial charge in [0.2, 0.25) is 6.79 Å². The van der Waals surface area contributed by atoms with Gasteiger partial charge >= 0.3 is 5.97 Å². The van der Waals surface area contributed by atoms with Gasteiger partial charge in [-0.05, 0) is 78.8 Å². The Labute approximate surface area is 237 Å². The molecule has 9 heteroatoms. The molecule has 0 bridgehead atoms. The molecule has 0 radical (unpaired) electrons. The third-order valence-corrected chi connectivity index (χ3v) is 7.75. The molecule has 0 spiro atoms. The van der Waals surface area contributed by atoms with E-state index < -0.39 is 24.0 Å². The lowest BCUT2D eigenvalue weighted by Crippen LogP contribution is -2.46. The zero-order valence-electron chi connectivity index (χ0n) is 22.7. The summed E-state index contributed by atoms with van der Waals surface area (Å²) in [5, 5.41) is 3.57. The van der Waals surface area contributed by atoms with E-state index in [1.165, 1.54) is 13.2 Å². The predicted octanol–water partition coefficient (Wildman–Crippen LogP) is 5.78. The second-order valence-corrected chi connectivity index (χ2v) is 10.3. The van der Waals surface area contributed by atoms with Gasteiger partial charge in [0.25, 0.3) is 5.91 Å². The Morgan fingerprint density at radius 2 is 1.85 bits per heavy atom. The minimum Gasteiger partial charge on any atom is -0.469 e. The van der Waals surface area contributed by atoms with Crippen LogP contribution in [0.5, 0.6) is 23.0 Å². The van der Waals surface area contributed by atoms with Crippen LogP contribution in [0.25, 0.3) is 0 Å². The minimum atomic E-state index is -0.577. The van der Waals surface area contributed by atoms with E-state index >= 15 is 0 Å². The summed E-state index contributed by atoms with van der Waals surface area (Å²) >= 11 is 0. The number of fused-ring (bicyclic) bond motifs is 1. The number of hydrogen-bond donors (Lipinski definition) is 1. The molecular formula is C32H31FN2O6. The molecule has 212 valence electrons. The molecule has 41 heavy (non-hydrogen) atoms. The number of para-hydroxylation sites is 1. The lowest BCUT2D eigenvalue weighted by molar-refractivity contribution is -0.141. The highest BCUT2D eigenvalue weighted by molar-refractivity contribution is 5.97. The Bertz CT molecular complexity index is 1490. The normalized spacial score (nSPS) is 18.3. The molecule has 0 saturated heterocycles. The highest BCUT2D eigenvalue weighted by atomic mass is 19.1. The van der Waals surface area contributed by atoms with Crippen LogP contribution in [-0.4, -0.2) is 36.8 Å². The number of hydrogen-bond acceptors (Lipinski definition) is 7. The van der Waals surface area contributed by atoms with Crippen molar-refractivity contribution in [3.8, 4) is 23.0 Å². The van der Waals surface area contributed by atoms with Crippen molar-refractivity contribution in [3.05, 3.63) is 94.8 Å². The standard InChI is InChI=1S/C32H31FN2O6/c1-38-30(36)17-26(21-12-13-25(33)28(16-21)41-22-7-3-2-4-8-22)34-31-23-9-5-6-10-24(23)32(37)35(31)18-20-11-14-27-29(15-20)40-19-39-27/h2-4,7-8,11-16,26,31,34H,5-6,9-10,17-19H2,1H3/t26-,31-/m1/s1. The Balaban J connectivity index is 1.32. The SMILES string of the molecule is COC(=O)C[C@@H](N[C@H]1C2=C(CCCC2)C(=O)N1Cc1ccc2c(c1)OCO2)c1ccc(F)c(Oc2ccccc2)c1. The zero-order chi connectivity index (χ0) is 28.3. The van der Waals surface area contributed by atoms with Crippen LogP contribution in [0, 0.1) is 5.82 Å². The van der Waals surface area contributed by atoms with E-state index in [2.05, 4.69) is 5.32 Å². The molecule has 0 aromatic heterocycles. The highest BCUT2D eigenvalue weighted by Gasteiger charge is 2.41. The molecule has 0 unspecified atom stereocenters. The van der Waals surface area contributed by atoms with Crippen LogP contribution in [0.3, 0.4) is 0 Å². The number of rotatable bonds is 9. The molecule has 1 N–H and O–H groups in total. The van der Waals surface area contributed by atoms with Crippen LogP contribution >= 0.6 is 0 Å². The number of nitrogens with zero attached hydrogens (tertiary/aromatic N) is 1. The molecule has 8 nitrogen and oxygen atoms in total. The maximum atomic E-state index is 14.8. The van der Waals surface area contributed by atoms with E-state index in [0.29, 0.717) is 29.4 Å². The van der Waals surface area contributed by atoms with Gasteiger partial charge in [-0.3, -0.25) is 14.9 Å². The van der Waals surface area contributed by atoms with Crippen LogP contribution in [0.4, 0.5) is 4.39 Å². The Kier molecular flexibility index (Phi) is 7.61. The Hall–Kier alpha value is -4.37. The van der Waals surface area contributed by atoms with E-state index in [4.69, 9.17) is 18.9 Å². The molecule has 3 aromatic carbocycles. The molecule has 2 atom stereocenters. The second-order valence-electron chi connectivity index (χ2n) is 10.3. The molecule has 0 saturated carbocycles. The number of benzene rings is 3. The summed E-state index contributed by atoms with van der Waals surface area (Å²) in [5.74, 6) is 0.902. The second kappa shape index (κ2) is 11.6. The highest BCUT2D eigenvalue weighted by Crippen LogP contribution is 2.39. The first-order chi connectivity index (χ1) is 20.0. The molecule has 0 fully saturated rings. The van der Waals surface area contributed by atoms with Gasteiger partial charge in [-0.1, -0.05) is 30.3 Å². The first-order valence-electron chi connectivity index (χ1n) is 13.8. The number of carbonyl (C=O) groups is 2. The summed E-state index contributed by atoms with van der Waals surface area (Å²) in [4.78, 5) is 28.1. The average Bonchev–Trinajstić information content (AvgIpc) is 3.57. The summed E-state index contributed by atoms with van der Waals surface area (Å²) in [7, 11) is 1.33. The molecule has 3 aromatic rings. The topological polar surface area (TPSA) is 86.3 Å². The third kappa shape index (κ3) is 5.63. The quantitative estimate of drug-likeness (QED) is 0.333. The molecule has 6 rings (SSSR count). The maximum Gasteiger partial charge on any atom is 0.307 e. The van der Waals surface area contributed by atoms with Gasteiger partial charge in [-0.2, -0.15) is 0 Å². The number of amides is 1. The van der Waals surface area contributed by atoms with Gasteiger partial charge in [-0.15, -0.1) is 0 Å².